The largest absolute Gasteiger partial charge is 0.469 e. The zero-order valence-corrected chi connectivity index (χ0v) is 8.34. The summed E-state index contributed by atoms with van der Waals surface area (Å²) in [5.41, 5.74) is 1.23. The first-order valence-electron chi connectivity index (χ1n) is 4.41. The maximum absolute atomic E-state index is 10.8. The zero-order chi connectivity index (χ0) is 11.1. The normalized spacial score (nSPS) is 10.2. The minimum atomic E-state index is -0.296. The summed E-state index contributed by atoms with van der Waals surface area (Å²) in [6, 6.07) is 3.37. The Bertz CT molecular complexity index is 368. The molecular formula is C11H11NO3. The molecule has 0 amide bonds. The van der Waals surface area contributed by atoms with Crippen LogP contribution in [0.4, 0.5) is 0 Å². The van der Waals surface area contributed by atoms with E-state index in [1.165, 1.54) is 13.3 Å². The highest BCUT2D eigenvalue weighted by Crippen LogP contribution is 2.01. The SMILES string of the molecule is COC(=O)CC=Cc1ccc(C=O)cn1. The van der Waals surface area contributed by atoms with Gasteiger partial charge in [-0.15, -0.1) is 0 Å². The van der Waals surface area contributed by atoms with Crippen LogP contribution < -0.4 is 0 Å². The third-order valence-electron chi connectivity index (χ3n) is 1.75. The molecule has 0 aliphatic heterocycles. The minimum Gasteiger partial charge on any atom is -0.469 e. The Morgan fingerprint density at radius 1 is 1.53 bits per heavy atom. The summed E-state index contributed by atoms with van der Waals surface area (Å²) in [6.45, 7) is 0. The van der Waals surface area contributed by atoms with E-state index < -0.39 is 0 Å². The van der Waals surface area contributed by atoms with Gasteiger partial charge in [-0.3, -0.25) is 14.6 Å². The van der Waals surface area contributed by atoms with Gasteiger partial charge in [-0.2, -0.15) is 0 Å². The summed E-state index contributed by atoms with van der Waals surface area (Å²) in [7, 11) is 1.34. The van der Waals surface area contributed by atoms with Crippen LogP contribution in [0.25, 0.3) is 6.08 Å². The molecule has 0 spiro atoms. The lowest BCUT2D eigenvalue weighted by Gasteiger charge is -1.94. The van der Waals surface area contributed by atoms with Gasteiger partial charge in [-0.05, 0) is 18.2 Å². The number of carbonyl (C=O) groups is 2. The van der Waals surface area contributed by atoms with Crippen LogP contribution in [0.1, 0.15) is 22.5 Å². The van der Waals surface area contributed by atoms with Crippen molar-refractivity contribution in [3.05, 3.63) is 35.7 Å². The average Bonchev–Trinajstić information content (AvgIpc) is 2.29. The number of esters is 1. The fourth-order valence-corrected chi connectivity index (χ4v) is 0.944. The zero-order valence-electron chi connectivity index (χ0n) is 8.34. The Morgan fingerprint density at radius 3 is 2.87 bits per heavy atom. The number of nitrogens with zero attached hydrogens (tertiary/aromatic N) is 1. The van der Waals surface area contributed by atoms with E-state index in [4.69, 9.17) is 0 Å². The molecule has 4 heteroatoms. The molecule has 0 aliphatic carbocycles. The molecule has 4 nitrogen and oxygen atoms in total. The van der Waals surface area contributed by atoms with E-state index in [0.29, 0.717) is 11.3 Å². The van der Waals surface area contributed by atoms with Gasteiger partial charge in [0.2, 0.25) is 0 Å². The Morgan fingerprint density at radius 2 is 2.33 bits per heavy atom. The quantitative estimate of drug-likeness (QED) is 0.551. The second kappa shape index (κ2) is 5.70. The molecule has 0 saturated heterocycles. The molecule has 0 aliphatic rings. The molecule has 0 N–H and O–H groups in total. The number of methoxy groups -OCH3 is 1. The highest BCUT2D eigenvalue weighted by Gasteiger charge is 1.95. The first-order valence-corrected chi connectivity index (χ1v) is 4.41. The van der Waals surface area contributed by atoms with Crippen LogP contribution >= 0.6 is 0 Å². The van der Waals surface area contributed by atoms with Crippen molar-refractivity contribution in [3.63, 3.8) is 0 Å². The molecule has 1 heterocycles. The summed E-state index contributed by atoms with van der Waals surface area (Å²) in [5.74, 6) is -0.296. The summed E-state index contributed by atoms with van der Waals surface area (Å²) >= 11 is 0. The molecule has 15 heavy (non-hydrogen) atoms. The molecule has 0 saturated carbocycles. The average molecular weight is 205 g/mol. The van der Waals surface area contributed by atoms with Gasteiger partial charge < -0.3 is 4.74 Å². The van der Waals surface area contributed by atoms with Crippen molar-refractivity contribution < 1.29 is 14.3 Å². The molecule has 0 bridgehead atoms. The van der Waals surface area contributed by atoms with Crippen molar-refractivity contribution in [2.45, 2.75) is 6.42 Å². The third-order valence-corrected chi connectivity index (χ3v) is 1.75. The molecule has 0 fully saturated rings. The van der Waals surface area contributed by atoms with Crippen LogP contribution in [0.2, 0.25) is 0 Å². The Hall–Kier alpha value is -1.97. The van der Waals surface area contributed by atoms with Crippen molar-refractivity contribution in [2.75, 3.05) is 7.11 Å². The first kappa shape index (κ1) is 11.1. The number of rotatable bonds is 4. The minimum absolute atomic E-state index is 0.216. The van der Waals surface area contributed by atoms with Gasteiger partial charge in [-0.25, -0.2) is 0 Å². The maximum Gasteiger partial charge on any atom is 0.309 e. The van der Waals surface area contributed by atoms with Gasteiger partial charge in [0.25, 0.3) is 0 Å². The van der Waals surface area contributed by atoms with Crippen LogP contribution in [0.3, 0.4) is 0 Å². The molecule has 0 unspecified atom stereocenters. The Labute approximate surface area is 87.6 Å². The van der Waals surface area contributed by atoms with Crippen LogP contribution in [-0.4, -0.2) is 24.3 Å². The number of carbonyl (C=O) groups excluding carboxylic acids is 2. The van der Waals surface area contributed by atoms with Crippen molar-refractivity contribution in [2.24, 2.45) is 0 Å². The summed E-state index contributed by atoms with van der Waals surface area (Å²) < 4.78 is 4.47. The van der Waals surface area contributed by atoms with Crippen molar-refractivity contribution in [3.8, 4) is 0 Å². The fourth-order valence-electron chi connectivity index (χ4n) is 0.944. The van der Waals surface area contributed by atoms with E-state index in [-0.39, 0.29) is 12.4 Å². The topological polar surface area (TPSA) is 56.3 Å². The second-order valence-corrected chi connectivity index (χ2v) is 2.82. The highest BCUT2D eigenvalue weighted by atomic mass is 16.5. The van der Waals surface area contributed by atoms with Crippen molar-refractivity contribution in [1.29, 1.82) is 0 Å². The number of ether oxygens (including phenoxy) is 1. The van der Waals surface area contributed by atoms with Crippen LogP contribution in [0, 0.1) is 0 Å². The van der Waals surface area contributed by atoms with Gasteiger partial charge in [0, 0.05) is 11.8 Å². The van der Waals surface area contributed by atoms with E-state index in [9.17, 15) is 9.59 Å². The number of pyridine rings is 1. The number of hydrogen-bond acceptors (Lipinski definition) is 4. The Kier molecular flexibility index (Phi) is 4.22. The van der Waals surface area contributed by atoms with Crippen molar-refractivity contribution >= 4 is 18.3 Å². The lowest BCUT2D eigenvalue weighted by Crippen LogP contribution is -1.96. The van der Waals surface area contributed by atoms with Gasteiger partial charge in [0.05, 0.1) is 19.2 Å². The molecule has 78 valence electrons. The summed E-state index contributed by atoms with van der Waals surface area (Å²) in [6.07, 6.45) is 5.79. The highest BCUT2D eigenvalue weighted by molar-refractivity contribution is 5.74. The molecule has 0 radical (unpaired) electrons. The predicted octanol–water partition coefficient (Wildman–Crippen LogP) is 1.47. The monoisotopic (exact) mass is 205 g/mol. The maximum atomic E-state index is 10.8. The van der Waals surface area contributed by atoms with Gasteiger partial charge >= 0.3 is 5.97 Å². The van der Waals surface area contributed by atoms with E-state index in [1.807, 2.05) is 0 Å². The van der Waals surface area contributed by atoms with E-state index in [0.717, 1.165) is 6.29 Å². The molecule has 1 rings (SSSR count). The first-order chi connectivity index (χ1) is 7.26. The lowest BCUT2D eigenvalue weighted by atomic mass is 10.2. The van der Waals surface area contributed by atoms with Crippen LogP contribution in [0.5, 0.6) is 0 Å². The Balaban J connectivity index is 2.57. The molecule has 1 aromatic heterocycles. The van der Waals surface area contributed by atoms with Crippen molar-refractivity contribution in [1.82, 2.24) is 4.98 Å². The van der Waals surface area contributed by atoms with Crippen LogP contribution in [0.15, 0.2) is 24.4 Å². The molecule has 0 atom stereocenters. The van der Waals surface area contributed by atoms with Gasteiger partial charge in [-0.1, -0.05) is 6.08 Å². The fraction of sp³-hybridized carbons (Fsp3) is 0.182. The lowest BCUT2D eigenvalue weighted by molar-refractivity contribution is -0.139. The summed E-state index contributed by atoms with van der Waals surface area (Å²) in [5, 5.41) is 0. The molecule has 1 aromatic rings. The standard InChI is InChI=1S/C11H11NO3/c1-15-11(14)4-2-3-10-6-5-9(8-13)7-12-10/h2-3,5-8H,4H2,1H3. The smallest absolute Gasteiger partial charge is 0.309 e. The van der Waals surface area contributed by atoms with Crippen LogP contribution in [-0.2, 0) is 9.53 Å². The number of hydrogen-bond donors (Lipinski definition) is 0. The third kappa shape index (κ3) is 3.72. The molecule has 0 aromatic carbocycles. The summed E-state index contributed by atoms with van der Waals surface area (Å²) in [4.78, 5) is 25.1. The number of aromatic nitrogens is 1. The molecular weight excluding hydrogens is 194 g/mol. The van der Waals surface area contributed by atoms with Gasteiger partial charge in [0.1, 0.15) is 0 Å². The van der Waals surface area contributed by atoms with Gasteiger partial charge in [0.15, 0.2) is 6.29 Å². The van der Waals surface area contributed by atoms with E-state index in [1.54, 1.807) is 24.3 Å². The number of aldehydes is 1. The van der Waals surface area contributed by atoms with E-state index in [2.05, 4.69) is 9.72 Å². The second-order valence-electron chi connectivity index (χ2n) is 2.82. The van der Waals surface area contributed by atoms with E-state index >= 15 is 0 Å². The predicted molar refractivity (Wildman–Crippen MR) is 55.3 cm³/mol.